The van der Waals surface area contributed by atoms with Crippen molar-refractivity contribution in [2.45, 2.75) is 64.6 Å². The molecular formula is C23H31N5O4. The molecule has 0 radical (unpaired) electrons. The summed E-state index contributed by atoms with van der Waals surface area (Å²) < 4.78 is 7.20. The molecule has 0 bridgehead atoms. The lowest BCUT2D eigenvalue weighted by molar-refractivity contribution is -0.135. The zero-order valence-corrected chi connectivity index (χ0v) is 19.1. The summed E-state index contributed by atoms with van der Waals surface area (Å²) in [6.07, 6.45) is 3.09. The Labute approximate surface area is 187 Å². The molecular weight excluding hydrogens is 410 g/mol. The molecule has 1 aromatic carbocycles. The molecule has 32 heavy (non-hydrogen) atoms. The number of amides is 3. The summed E-state index contributed by atoms with van der Waals surface area (Å²) in [5.74, 6) is -0.279. The number of piperidine rings is 2. The standard InChI is InChI=1S/C23H31N5O4/c1-14-13-27(22(31)32-23(2,3)4)10-9-17(14)25-16-5-6-18-15(11-16)12-24-28(18)19-7-8-20(29)26-21(19)30/h5-6,11-12,14,17,19,25H,7-10,13H2,1-4H3,(H,26,29,30)/t14-,17-,19?/m1/s1. The number of carbonyl (C=O) groups excluding carboxylic acids is 3. The van der Waals surface area contributed by atoms with Gasteiger partial charge in [-0.1, -0.05) is 6.92 Å². The minimum Gasteiger partial charge on any atom is -0.444 e. The zero-order valence-electron chi connectivity index (χ0n) is 19.1. The van der Waals surface area contributed by atoms with Gasteiger partial charge in [0.25, 0.3) is 5.91 Å². The van der Waals surface area contributed by atoms with Crippen molar-refractivity contribution in [3.8, 4) is 0 Å². The summed E-state index contributed by atoms with van der Waals surface area (Å²) in [4.78, 5) is 37.8. The summed E-state index contributed by atoms with van der Waals surface area (Å²) in [5.41, 5.74) is 1.34. The van der Waals surface area contributed by atoms with Gasteiger partial charge in [-0.05, 0) is 57.7 Å². The molecule has 0 aliphatic carbocycles. The topological polar surface area (TPSA) is 106 Å². The number of hydrogen-bond donors (Lipinski definition) is 2. The van der Waals surface area contributed by atoms with E-state index in [0.717, 1.165) is 23.0 Å². The van der Waals surface area contributed by atoms with Crippen LogP contribution in [-0.2, 0) is 14.3 Å². The number of carbonyl (C=O) groups is 3. The van der Waals surface area contributed by atoms with Crippen molar-refractivity contribution in [2.24, 2.45) is 5.92 Å². The molecule has 2 fully saturated rings. The van der Waals surface area contributed by atoms with Crippen molar-refractivity contribution in [3.05, 3.63) is 24.4 Å². The number of anilines is 1. The zero-order chi connectivity index (χ0) is 23.0. The van der Waals surface area contributed by atoms with Gasteiger partial charge in [-0.3, -0.25) is 19.6 Å². The van der Waals surface area contributed by atoms with E-state index in [1.165, 1.54) is 0 Å². The molecule has 2 aromatic rings. The number of likely N-dealkylation sites (tertiary alicyclic amines) is 1. The molecule has 4 rings (SSSR count). The van der Waals surface area contributed by atoms with Crippen molar-refractivity contribution in [1.82, 2.24) is 20.0 Å². The lowest BCUT2D eigenvalue weighted by atomic mass is 9.93. The number of nitrogens with one attached hydrogen (secondary N) is 2. The lowest BCUT2D eigenvalue weighted by Crippen LogP contribution is -2.48. The van der Waals surface area contributed by atoms with Gasteiger partial charge < -0.3 is 15.0 Å². The van der Waals surface area contributed by atoms with Crippen LogP contribution in [0.1, 0.15) is 53.0 Å². The van der Waals surface area contributed by atoms with Crippen LogP contribution in [0, 0.1) is 5.92 Å². The first kappa shape index (κ1) is 22.1. The third kappa shape index (κ3) is 4.71. The van der Waals surface area contributed by atoms with Crippen molar-refractivity contribution < 1.29 is 19.1 Å². The molecule has 9 nitrogen and oxygen atoms in total. The number of imide groups is 1. The van der Waals surface area contributed by atoms with Crippen LogP contribution in [0.15, 0.2) is 24.4 Å². The molecule has 2 aliphatic heterocycles. The number of benzene rings is 1. The number of nitrogens with zero attached hydrogens (tertiary/aromatic N) is 3. The number of rotatable bonds is 3. The smallest absolute Gasteiger partial charge is 0.410 e. The van der Waals surface area contributed by atoms with Gasteiger partial charge >= 0.3 is 6.09 Å². The van der Waals surface area contributed by atoms with Gasteiger partial charge in [0.2, 0.25) is 5.91 Å². The Bertz CT molecular complexity index is 1040. The monoisotopic (exact) mass is 441 g/mol. The largest absolute Gasteiger partial charge is 0.444 e. The molecule has 3 heterocycles. The van der Waals surface area contributed by atoms with Gasteiger partial charge in [-0.25, -0.2) is 4.79 Å². The van der Waals surface area contributed by atoms with Gasteiger partial charge in [0, 0.05) is 36.6 Å². The molecule has 9 heteroatoms. The van der Waals surface area contributed by atoms with Crippen LogP contribution < -0.4 is 10.6 Å². The Kier molecular flexibility index (Phi) is 5.83. The van der Waals surface area contributed by atoms with Gasteiger partial charge in [0.1, 0.15) is 11.6 Å². The number of ether oxygens (including phenoxy) is 1. The third-order valence-corrected chi connectivity index (χ3v) is 6.01. The van der Waals surface area contributed by atoms with E-state index in [-0.39, 0.29) is 29.9 Å². The van der Waals surface area contributed by atoms with Crippen molar-refractivity contribution >= 4 is 34.5 Å². The lowest BCUT2D eigenvalue weighted by Gasteiger charge is -2.38. The Morgan fingerprint density at radius 3 is 2.72 bits per heavy atom. The summed E-state index contributed by atoms with van der Waals surface area (Å²) in [6, 6.07) is 5.73. The summed E-state index contributed by atoms with van der Waals surface area (Å²) >= 11 is 0. The van der Waals surface area contributed by atoms with Crippen LogP contribution in [0.3, 0.4) is 0 Å². The molecule has 3 amide bonds. The van der Waals surface area contributed by atoms with Crippen LogP contribution in [0.2, 0.25) is 0 Å². The molecule has 3 atom stereocenters. The molecule has 2 aliphatic rings. The van der Waals surface area contributed by atoms with Crippen LogP contribution in [-0.4, -0.2) is 57.3 Å². The second-order valence-corrected chi connectivity index (χ2v) is 9.77. The highest BCUT2D eigenvalue weighted by atomic mass is 16.6. The van der Waals surface area contributed by atoms with Gasteiger partial charge in [-0.15, -0.1) is 0 Å². The van der Waals surface area contributed by atoms with E-state index in [1.54, 1.807) is 15.8 Å². The minimum atomic E-state index is -0.497. The normalized spacial score (nSPS) is 24.4. The number of fused-ring (bicyclic) bond motifs is 1. The van der Waals surface area contributed by atoms with Crippen LogP contribution in [0.4, 0.5) is 10.5 Å². The van der Waals surface area contributed by atoms with Crippen molar-refractivity contribution in [1.29, 1.82) is 0 Å². The van der Waals surface area contributed by atoms with E-state index >= 15 is 0 Å². The van der Waals surface area contributed by atoms with Crippen molar-refractivity contribution in [2.75, 3.05) is 18.4 Å². The fourth-order valence-corrected chi connectivity index (χ4v) is 4.37. The van der Waals surface area contributed by atoms with Gasteiger partial charge in [0.05, 0.1) is 11.7 Å². The maximum absolute atomic E-state index is 12.4. The first-order chi connectivity index (χ1) is 15.1. The number of hydrogen-bond acceptors (Lipinski definition) is 6. The molecule has 0 saturated carbocycles. The summed E-state index contributed by atoms with van der Waals surface area (Å²) in [5, 5.41) is 11.3. The van der Waals surface area contributed by atoms with Crippen LogP contribution >= 0.6 is 0 Å². The molecule has 1 unspecified atom stereocenters. The molecule has 0 spiro atoms. The first-order valence-electron chi connectivity index (χ1n) is 11.2. The molecule has 2 saturated heterocycles. The van der Waals surface area contributed by atoms with E-state index < -0.39 is 11.6 Å². The highest BCUT2D eigenvalue weighted by molar-refractivity contribution is 6.00. The Balaban J connectivity index is 1.41. The highest BCUT2D eigenvalue weighted by Crippen LogP contribution is 2.28. The van der Waals surface area contributed by atoms with Crippen LogP contribution in [0.5, 0.6) is 0 Å². The van der Waals surface area contributed by atoms with E-state index in [0.29, 0.717) is 25.9 Å². The van der Waals surface area contributed by atoms with E-state index in [2.05, 4.69) is 22.7 Å². The Morgan fingerprint density at radius 2 is 2.03 bits per heavy atom. The maximum Gasteiger partial charge on any atom is 0.410 e. The predicted molar refractivity (Wildman–Crippen MR) is 120 cm³/mol. The second-order valence-electron chi connectivity index (χ2n) is 9.77. The fraction of sp³-hybridized carbons (Fsp3) is 0.565. The Morgan fingerprint density at radius 1 is 1.25 bits per heavy atom. The van der Waals surface area contributed by atoms with E-state index in [9.17, 15) is 14.4 Å². The average Bonchev–Trinajstić information content (AvgIpc) is 3.11. The average molecular weight is 442 g/mol. The highest BCUT2D eigenvalue weighted by Gasteiger charge is 2.32. The summed E-state index contributed by atoms with van der Waals surface area (Å²) in [6.45, 7) is 9.05. The molecule has 172 valence electrons. The Hall–Kier alpha value is -3.10. The minimum absolute atomic E-state index is 0.233. The first-order valence-corrected chi connectivity index (χ1v) is 11.2. The van der Waals surface area contributed by atoms with Crippen molar-refractivity contribution in [3.63, 3.8) is 0 Å². The SMILES string of the molecule is C[C@@H]1CN(C(=O)OC(C)(C)C)CC[C@H]1Nc1ccc2c(cnn2C2CCC(=O)NC2=O)c1. The quantitative estimate of drug-likeness (QED) is 0.709. The van der Waals surface area contributed by atoms with E-state index in [1.807, 2.05) is 39.0 Å². The van der Waals surface area contributed by atoms with E-state index in [4.69, 9.17) is 4.74 Å². The summed E-state index contributed by atoms with van der Waals surface area (Å²) in [7, 11) is 0. The molecule has 2 N–H and O–H groups in total. The molecule has 1 aromatic heterocycles. The van der Waals surface area contributed by atoms with Crippen LogP contribution in [0.25, 0.3) is 10.9 Å². The maximum atomic E-state index is 12.4. The second kappa shape index (κ2) is 8.44. The van der Waals surface area contributed by atoms with Gasteiger partial charge in [-0.2, -0.15) is 5.10 Å². The van der Waals surface area contributed by atoms with Gasteiger partial charge in [0.15, 0.2) is 0 Å². The number of aromatic nitrogens is 2. The predicted octanol–water partition coefficient (Wildman–Crippen LogP) is 3.07. The third-order valence-electron chi connectivity index (χ3n) is 6.01. The fourth-order valence-electron chi connectivity index (χ4n) is 4.37.